The molecule has 0 aromatic carbocycles. The van der Waals surface area contributed by atoms with E-state index < -0.39 is 0 Å². The second kappa shape index (κ2) is 6.17. The van der Waals surface area contributed by atoms with Crippen molar-refractivity contribution in [3.63, 3.8) is 0 Å². The third-order valence-corrected chi connectivity index (χ3v) is 4.60. The molecule has 17 heavy (non-hydrogen) atoms. The summed E-state index contributed by atoms with van der Waals surface area (Å²) in [6.45, 7) is 4.17. The third-order valence-electron chi connectivity index (χ3n) is 4.60. The van der Waals surface area contributed by atoms with Gasteiger partial charge in [0.05, 0.1) is 6.10 Å². The van der Waals surface area contributed by atoms with Gasteiger partial charge in [-0.2, -0.15) is 0 Å². The average Bonchev–Trinajstić information content (AvgIpc) is 2.38. The minimum atomic E-state index is -0.160. The molecule has 0 bridgehead atoms. The number of nitrogens with two attached hydrogens (primary N) is 1. The first-order chi connectivity index (χ1) is 8.20. The molecule has 1 saturated heterocycles. The van der Waals surface area contributed by atoms with Crippen molar-refractivity contribution in [3.8, 4) is 0 Å². The minimum absolute atomic E-state index is 0.160. The first-order valence-corrected chi connectivity index (χ1v) is 7.38. The molecule has 2 aliphatic rings. The summed E-state index contributed by atoms with van der Waals surface area (Å²) in [5.41, 5.74) is 6.16. The molecular weight excluding hydrogens is 212 g/mol. The van der Waals surface area contributed by atoms with E-state index in [-0.39, 0.29) is 12.1 Å². The van der Waals surface area contributed by atoms with E-state index in [2.05, 4.69) is 11.8 Å². The molecule has 100 valence electrons. The zero-order valence-electron chi connectivity index (χ0n) is 11.1. The largest absolute Gasteiger partial charge is 0.393 e. The first kappa shape index (κ1) is 13.3. The van der Waals surface area contributed by atoms with Gasteiger partial charge in [-0.3, -0.25) is 4.90 Å². The number of likely N-dealkylation sites (tertiary alicyclic amines) is 1. The Kier molecular flexibility index (Phi) is 4.83. The molecule has 3 unspecified atom stereocenters. The minimum Gasteiger partial charge on any atom is -0.393 e. The zero-order valence-corrected chi connectivity index (χ0v) is 11.1. The van der Waals surface area contributed by atoms with E-state index in [1.54, 1.807) is 0 Å². The maximum absolute atomic E-state index is 10.0. The van der Waals surface area contributed by atoms with Gasteiger partial charge in [-0.1, -0.05) is 26.2 Å². The number of piperidine rings is 1. The average molecular weight is 240 g/mol. The van der Waals surface area contributed by atoms with Crippen molar-refractivity contribution in [1.29, 1.82) is 0 Å². The maximum Gasteiger partial charge on any atom is 0.0578 e. The standard InChI is InChI=1S/C14H28N2O/c1-2-14(17)11-8-12(15)10-16(9-11)13-6-4-3-5-7-13/h11-14,17H,2-10,15H2,1H3. The van der Waals surface area contributed by atoms with Crippen LogP contribution in [0.15, 0.2) is 0 Å². The summed E-state index contributed by atoms with van der Waals surface area (Å²) in [5, 5.41) is 10.0. The number of rotatable bonds is 3. The molecule has 3 N–H and O–H groups in total. The highest BCUT2D eigenvalue weighted by Gasteiger charge is 2.32. The molecule has 2 fully saturated rings. The lowest BCUT2D eigenvalue weighted by Gasteiger charge is -2.43. The molecule has 0 aromatic heterocycles. The highest BCUT2D eigenvalue weighted by atomic mass is 16.3. The fourth-order valence-electron chi connectivity index (χ4n) is 3.57. The molecule has 1 saturated carbocycles. The summed E-state index contributed by atoms with van der Waals surface area (Å²) in [5.74, 6) is 0.394. The first-order valence-electron chi connectivity index (χ1n) is 7.38. The quantitative estimate of drug-likeness (QED) is 0.790. The summed E-state index contributed by atoms with van der Waals surface area (Å²) in [6, 6.07) is 0.999. The summed E-state index contributed by atoms with van der Waals surface area (Å²) in [6.07, 6.45) is 8.51. The summed E-state index contributed by atoms with van der Waals surface area (Å²) in [7, 11) is 0. The normalized spacial score (nSPS) is 34.8. The van der Waals surface area contributed by atoms with Crippen LogP contribution in [0.5, 0.6) is 0 Å². The Morgan fingerprint density at radius 1 is 1.24 bits per heavy atom. The van der Waals surface area contributed by atoms with Gasteiger partial charge in [-0.15, -0.1) is 0 Å². The molecule has 2 rings (SSSR count). The van der Waals surface area contributed by atoms with E-state index in [0.717, 1.165) is 32.0 Å². The number of aliphatic hydroxyl groups is 1. The van der Waals surface area contributed by atoms with Gasteiger partial charge < -0.3 is 10.8 Å². The molecule has 3 nitrogen and oxygen atoms in total. The van der Waals surface area contributed by atoms with Crippen LogP contribution in [0, 0.1) is 5.92 Å². The van der Waals surface area contributed by atoms with Crippen molar-refractivity contribution in [2.75, 3.05) is 13.1 Å². The van der Waals surface area contributed by atoms with E-state index in [4.69, 9.17) is 5.73 Å². The number of nitrogens with zero attached hydrogens (tertiary/aromatic N) is 1. The van der Waals surface area contributed by atoms with E-state index in [0.29, 0.717) is 5.92 Å². The predicted octanol–water partition coefficient (Wildman–Crippen LogP) is 1.74. The van der Waals surface area contributed by atoms with Crippen LogP contribution < -0.4 is 5.73 Å². The fourth-order valence-corrected chi connectivity index (χ4v) is 3.57. The van der Waals surface area contributed by atoms with Crippen LogP contribution in [-0.2, 0) is 0 Å². The van der Waals surface area contributed by atoms with Crippen molar-refractivity contribution >= 4 is 0 Å². The van der Waals surface area contributed by atoms with Crippen LogP contribution in [0.4, 0.5) is 0 Å². The smallest absolute Gasteiger partial charge is 0.0578 e. The van der Waals surface area contributed by atoms with Gasteiger partial charge in [-0.05, 0) is 31.6 Å². The molecule has 3 heteroatoms. The van der Waals surface area contributed by atoms with Crippen LogP contribution in [0.25, 0.3) is 0 Å². The second-order valence-electron chi connectivity index (χ2n) is 5.98. The number of hydrogen-bond donors (Lipinski definition) is 2. The summed E-state index contributed by atoms with van der Waals surface area (Å²) >= 11 is 0. The Hall–Kier alpha value is -0.120. The SMILES string of the molecule is CCC(O)C1CC(N)CN(C2CCCCC2)C1. The molecule has 0 radical (unpaired) electrons. The van der Waals surface area contributed by atoms with Gasteiger partial charge in [0, 0.05) is 25.2 Å². The highest BCUT2D eigenvalue weighted by Crippen LogP contribution is 2.28. The van der Waals surface area contributed by atoms with Crippen molar-refractivity contribution in [1.82, 2.24) is 4.90 Å². The van der Waals surface area contributed by atoms with Gasteiger partial charge >= 0.3 is 0 Å². The topological polar surface area (TPSA) is 49.5 Å². The lowest BCUT2D eigenvalue weighted by molar-refractivity contribution is 0.0176. The molecule has 1 aliphatic carbocycles. The predicted molar refractivity (Wildman–Crippen MR) is 70.8 cm³/mol. The zero-order chi connectivity index (χ0) is 12.3. The monoisotopic (exact) mass is 240 g/mol. The van der Waals surface area contributed by atoms with Crippen molar-refractivity contribution < 1.29 is 5.11 Å². The second-order valence-corrected chi connectivity index (χ2v) is 5.98. The Labute approximate surface area is 105 Å². The molecule has 3 atom stereocenters. The van der Waals surface area contributed by atoms with Gasteiger partial charge in [0.1, 0.15) is 0 Å². The molecule has 0 amide bonds. The highest BCUT2D eigenvalue weighted by molar-refractivity contribution is 4.88. The van der Waals surface area contributed by atoms with E-state index in [1.165, 1.54) is 32.1 Å². The van der Waals surface area contributed by atoms with Gasteiger partial charge in [0.2, 0.25) is 0 Å². The van der Waals surface area contributed by atoms with Crippen LogP contribution in [0.3, 0.4) is 0 Å². The molecule has 0 spiro atoms. The van der Waals surface area contributed by atoms with Crippen LogP contribution in [-0.4, -0.2) is 41.3 Å². The Balaban J connectivity index is 1.92. The Bertz CT molecular complexity index is 228. The molecular formula is C14H28N2O. The summed E-state index contributed by atoms with van der Waals surface area (Å²) in [4.78, 5) is 2.57. The lowest BCUT2D eigenvalue weighted by Crippen LogP contribution is -2.53. The summed E-state index contributed by atoms with van der Waals surface area (Å²) < 4.78 is 0. The van der Waals surface area contributed by atoms with E-state index in [1.807, 2.05) is 0 Å². The lowest BCUT2D eigenvalue weighted by atomic mass is 9.85. The molecule has 0 aromatic rings. The number of aliphatic hydroxyl groups excluding tert-OH is 1. The Morgan fingerprint density at radius 2 is 1.94 bits per heavy atom. The maximum atomic E-state index is 10.0. The van der Waals surface area contributed by atoms with Crippen molar-refractivity contribution in [3.05, 3.63) is 0 Å². The van der Waals surface area contributed by atoms with E-state index in [9.17, 15) is 5.11 Å². The third kappa shape index (κ3) is 3.43. The van der Waals surface area contributed by atoms with Crippen LogP contribution in [0.1, 0.15) is 51.9 Å². The fraction of sp³-hybridized carbons (Fsp3) is 1.00. The van der Waals surface area contributed by atoms with Crippen LogP contribution in [0.2, 0.25) is 0 Å². The molecule has 1 heterocycles. The van der Waals surface area contributed by atoms with Gasteiger partial charge in [-0.25, -0.2) is 0 Å². The van der Waals surface area contributed by atoms with Crippen molar-refractivity contribution in [2.24, 2.45) is 11.7 Å². The van der Waals surface area contributed by atoms with E-state index >= 15 is 0 Å². The Morgan fingerprint density at radius 3 is 2.59 bits per heavy atom. The van der Waals surface area contributed by atoms with Gasteiger partial charge in [0.15, 0.2) is 0 Å². The van der Waals surface area contributed by atoms with Crippen LogP contribution >= 0.6 is 0 Å². The van der Waals surface area contributed by atoms with Crippen molar-refractivity contribution in [2.45, 2.75) is 70.1 Å². The molecule has 1 aliphatic heterocycles. The number of hydrogen-bond acceptors (Lipinski definition) is 3. The van der Waals surface area contributed by atoms with Gasteiger partial charge in [0.25, 0.3) is 0 Å².